The Morgan fingerprint density at radius 2 is 1.81 bits per heavy atom. The van der Waals surface area contributed by atoms with Crippen LogP contribution in [0.4, 0.5) is 5.69 Å². The lowest BCUT2D eigenvalue weighted by Gasteiger charge is -2.26. The number of thiophene rings is 1. The monoisotopic (exact) mass is 449 g/mol. The molecule has 1 unspecified atom stereocenters. The number of Topliss-reactive ketones (excluding diaryl/α,β-unsaturated/α-hetero) is 1. The molecule has 1 saturated heterocycles. The summed E-state index contributed by atoms with van der Waals surface area (Å²) in [5.41, 5.74) is 2.77. The summed E-state index contributed by atoms with van der Waals surface area (Å²) < 4.78 is 10.7. The van der Waals surface area contributed by atoms with Gasteiger partial charge in [-0.3, -0.25) is 14.5 Å². The van der Waals surface area contributed by atoms with Crippen LogP contribution in [0.3, 0.4) is 0 Å². The third-order valence-corrected chi connectivity index (χ3v) is 6.47. The van der Waals surface area contributed by atoms with Crippen molar-refractivity contribution >= 4 is 34.5 Å². The number of ether oxygens (including phenoxy) is 2. The summed E-state index contributed by atoms with van der Waals surface area (Å²) in [5.74, 6) is -0.868. The van der Waals surface area contributed by atoms with E-state index in [4.69, 9.17) is 9.47 Å². The molecule has 6 nitrogen and oxygen atoms in total. The Morgan fingerprint density at radius 3 is 2.47 bits per heavy atom. The number of hydrogen-bond acceptors (Lipinski definition) is 6. The van der Waals surface area contributed by atoms with Gasteiger partial charge < -0.3 is 14.6 Å². The molecule has 3 aromatic rings. The fourth-order valence-electron chi connectivity index (χ4n) is 3.92. The topological polar surface area (TPSA) is 76.1 Å². The van der Waals surface area contributed by atoms with E-state index in [9.17, 15) is 14.7 Å². The van der Waals surface area contributed by atoms with Crippen LogP contribution in [0.2, 0.25) is 0 Å². The van der Waals surface area contributed by atoms with Crippen molar-refractivity contribution in [3.63, 3.8) is 0 Å². The van der Waals surface area contributed by atoms with Crippen LogP contribution < -0.4 is 14.4 Å². The second-order valence-corrected chi connectivity index (χ2v) is 8.52. The molecule has 2 aromatic carbocycles. The lowest BCUT2D eigenvalue weighted by molar-refractivity contribution is -0.132. The SMILES string of the molecule is COc1ccc(OC)c(/C(O)=C2/C(=O)C(=O)N(c3cc(C)ccc3C)C2c2cccs2)c1. The van der Waals surface area contributed by atoms with E-state index >= 15 is 0 Å². The number of aliphatic hydroxyl groups is 1. The van der Waals surface area contributed by atoms with Gasteiger partial charge in [-0.1, -0.05) is 18.2 Å². The first kappa shape index (κ1) is 21.6. The Bertz CT molecular complexity index is 1230. The normalized spacial score (nSPS) is 17.6. The molecule has 1 atom stereocenters. The largest absolute Gasteiger partial charge is 0.507 e. The molecular formula is C25H23NO5S. The van der Waals surface area contributed by atoms with E-state index in [1.165, 1.54) is 30.5 Å². The summed E-state index contributed by atoms with van der Waals surface area (Å²) in [7, 11) is 2.99. The number of methoxy groups -OCH3 is 2. The fraction of sp³-hybridized carbons (Fsp3) is 0.200. The molecule has 1 N–H and O–H groups in total. The lowest BCUT2D eigenvalue weighted by Crippen LogP contribution is -2.29. The standard InChI is InChI=1S/C25H23NO5S/c1-14-7-8-15(2)18(12-14)26-22(20-6-5-11-32-20)21(24(28)25(26)29)23(27)17-13-16(30-3)9-10-19(17)31-4/h5-13,22,27H,1-4H3/b23-21-. The van der Waals surface area contributed by atoms with Gasteiger partial charge >= 0.3 is 0 Å². The van der Waals surface area contributed by atoms with Crippen LogP contribution in [-0.2, 0) is 9.59 Å². The zero-order valence-electron chi connectivity index (χ0n) is 18.2. The molecule has 164 valence electrons. The molecule has 2 heterocycles. The van der Waals surface area contributed by atoms with Crippen molar-refractivity contribution in [1.82, 2.24) is 0 Å². The first-order valence-corrected chi connectivity index (χ1v) is 10.9. The molecule has 7 heteroatoms. The number of amides is 1. The highest BCUT2D eigenvalue weighted by Gasteiger charge is 2.48. The summed E-state index contributed by atoms with van der Waals surface area (Å²) in [6, 6.07) is 13.6. The molecule has 0 saturated carbocycles. The summed E-state index contributed by atoms with van der Waals surface area (Å²) in [5, 5.41) is 13.2. The highest BCUT2D eigenvalue weighted by atomic mass is 32.1. The number of hydrogen-bond donors (Lipinski definition) is 1. The molecule has 1 aliphatic heterocycles. The van der Waals surface area contributed by atoms with Gasteiger partial charge in [0, 0.05) is 10.6 Å². The Balaban J connectivity index is 1.99. The molecule has 0 radical (unpaired) electrons. The van der Waals surface area contributed by atoms with Crippen molar-refractivity contribution in [2.24, 2.45) is 0 Å². The number of carbonyl (C=O) groups is 2. The Hall–Kier alpha value is -3.58. The molecule has 1 amide bonds. The van der Waals surface area contributed by atoms with Crippen molar-refractivity contribution in [1.29, 1.82) is 0 Å². The lowest BCUT2D eigenvalue weighted by atomic mass is 9.98. The molecule has 1 fully saturated rings. The average molecular weight is 450 g/mol. The number of benzene rings is 2. The van der Waals surface area contributed by atoms with Gasteiger partial charge in [0.1, 0.15) is 23.3 Å². The number of nitrogens with zero attached hydrogens (tertiary/aromatic N) is 1. The smallest absolute Gasteiger partial charge is 0.300 e. The predicted octanol–water partition coefficient (Wildman–Crippen LogP) is 5.01. The maximum Gasteiger partial charge on any atom is 0.300 e. The zero-order chi connectivity index (χ0) is 23.0. The second-order valence-electron chi connectivity index (χ2n) is 7.54. The van der Waals surface area contributed by atoms with Crippen LogP contribution in [0.1, 0.15) is 27.6 Å². The van der Waals surface area contributed by atoms with Gasteiger partial charge in [0.25, 0.3) is 11.7 Å². The van der Waals surface area contributed by atoms with Crippen LogP contribution >= 0.6 is 11.3 Å². The summed E-state index contributed by atoms with van der Waals surface area (Å²) in [6.45, 7) is 3.82. The quantitative estimate of drug-likeness (QED) is 0.337. The van der Waals surface area contributed by atoms with E-state index in [0.29, 0.717) is 17.2 Å². The van der Waals surface area contributed by atoms with Crippen LogP contribution in [0.5, 0.6) is 11.5 Å². The van der Waals surface area contributed by atoms with Crippen LogP contribution in [0.25, 0.3) is 5.76 Å². The summed E-state index contributed by atoms with van der Waals surface area (Å²) >= 11 is 1.42. The number of anilines is 1. The Labute approximate surface area is 190 Å². The number of carbonyl (C=O) groups excluding carboxylic acids is 2. The van der Waals surface area contributed by atoms with Gasteiger partial charge in [-0.25, -0.2) is 0 Å². The molecule has 0 aliphatic carbocycles. The second kappa shape index (κ2) is 8.51. The minimum Gasteiger partial charge on any atom is -0.507 e. The zero-order valence-corrected chi connectivity index (χ0v) is 19.0. The summed E-state index contributed by atoms with van der Waals surface area (Å²) in [6.07, 6.45) is 0. The molecule has 0 spiro atoms. The molecule has 4 rings (SSSR count). The van der Waals surface area contributed by atoms with Crippen molar-refractivity contribution in [2.45, 2.75) is 19.9 Å². The van der Waals surface area contributed by atoms with Gasteiger partial charge in [0.15, 0.2) is 0 Å². The number of aliphatic hydroxyl groups excluding tert-OH is 1. The van der Waals surface area contributed by atoms with E-state index in [-0.39, 0.29) is 16.9 Å². The minimum atomic E-state index is -0.758. The van der Waals surface area contributed by atoms with Crippen molar-refractivity contribution in [2.75, 3.05) is 19.1 Å². The first-order valence-electron chi connectivity index (χ1n) is 10.0. The Kier molecular flexibility index (Phi) is 5.76. The summed E-state index contributed by atoms with van der Waals surface area (Å²) in [4.78, 5) is 28.8. The van der Waals surface area contributed by atoms with Crippen molar-refractivity contribution in [3.8, 4) is 11.5 Å². The van der Waals surface area contributed by atoms with Crippen LogP contribution in [-0.4, -0.2) is 31.0 Å². The van der Waals surface area contributed by atoms with Gasteiger partial charge in [0.05, 0.1) is 25.4 Å². The average Bonchev–Trinajstić information content (AvgIpc) is 3.41. The van der Waals surface area contributed by atoms with Gasteiger partial charge in [-0.05, 0) is 60.7 Å². The van der Waals surface area contributed by atoms with Gasteiger partial charge in [-0.15, -0.1) is 11.3 Å². The maximum absolute atomic E-state index is 13.3. The van der Waals surface area contributed by atoms with Crippen molar-refractivity contribution in [3.05, 3.63) is 81.1 Å². The number of ketones is 1. The Morgan fingerprint density at radius 1 is 1.03 bits per heavy atom. The van der Waals surface area contributed by atoms with E-state index in [0.717, 1.165) is 16.0 Å². The third-order valence-electron chi connectivity index (χ3n) is 5.54. The maximum atomic E-state index is 13.3. The van der Waals surface area contributed by atoms with Gasteiger partial charge in [-0.2, -0.15) is 0 Å². The highest BCUT2D eigenvalue weighted by Crippen LogP contribution is 2.45. The molecular weight excluding hydrogens is 426 g/mol. The third kappa shape index (κ3) is 3.54. The molecule has 1 aromatic heterocycles. The van der Waals surface area contributed by atoms with E-state index in [2.05, 4.69) is 0 Å². The van der Waals surface area contributed by atoms with Crippen LogP contribution in [0.15, 0.2) is 59.5 Å². The van der Waals surface area contributed by atoms with Crippen LogP contribution in [0, 0.1) is 13.8 Å². The molecule has 32 heavy (non-hydrogen) atoms. The van der Waals surface area contributed by atoms with Gasteiger partial charge in [0.2, 0.25) is 0 Å². The van der Waals surface area contributed by atoms with Crippen molar-refractivity contribution < 1.29 is 24.2 Å². The van der Waals surface area contributed by atoms with E-state index in [1.807, 2.05) is 49.6 Å². The first-order chi connectivity index (χ1) is 15.4. The minimum absolute atomic E-state index is 0.0184. The predicted molar refractivity (Wildman–Crippen MR) is 125 cm³/mol. The molecule has 1 aliphatic rings. The fourth-order valence-corrected chi connectivity index (χ4v) is 4.74. The number of aryl methyl sites for hydroxylation is 2. The van der Waals surface area contributed by atoms with E-state index in [1.54, 1.807) is 18.2 Å². The number of rotatable bonds is 5. The molecule has 0 bridgehead atoms. The highest BCUT2D eigenvalue weighted by molar-refractivity contribution is 7.10. The van der Waals surface area contributed by atoms with E-state index < -0.39 is 17.7 Å².